The molecule has 0 radical (unpaired) electrons. The molecule has 1 aliphatic carbocycles. The van der Waals surface area contributed by atoms with Crippen LogP contribution in [0.2, 0.25) is 0 Å². The molecule has 6 rings (SSSR count). The van der Waals surface area contributed by atoms with Crippen molar-refractivity contribution in [3.05, 3.63) is 73.3 Å². The molecule has 1 saturated carbocycles. The molecule has 8 nitrogen and oxygen atoms in total. The van der Waals surface area contributed by atoms with Gasteiger partial charge in [-0.3, -0.25) is 14.2 Å². The fourth-order valence-electron chi connectivity index (χ4n) is 5.42. The summed E-state index contributed by atoms with van der Waals surface area (Å²) in [6.07, 6.45) is 1.63. The fraction of sp³-hybridized carbons (Fsp3) is 0.292. The molecule has 1 spiro atoms. The van der Waals surface area contributed by atoms with Gasteiger partial charge in [-0.25, -0.2) is 4.99 Å². The third-order valence-corrected chi connectivity index (χ3v) is 7.98. The highest BCUT2D eigenvalue weighted by molar-refractivity contribution is 7.07. The SMILES string of the molecule is COC(=O)[C@H]1[C@@]23Oc4ccccc4[C@@H]2n2c(s/c(=C\c4cccc(OC)c4O)c2=O)=N[C@@]13C. The summed E-state index contributed by atoms with van der Waals surface area (Å²) in [4.78, 5) is 31.7. The van der Waals surface area contributed by atoms with Gasteiger partial charge in [-0.1, -0.05) is 41.7 Å². The summed E-state index contributed by atoms with van der Waals surface area (Å²) < 4.78 is 18.7. The Bertz CT molecular complexity index is 1520. The fourth-order valence-corrected chi connectivity index (χ4v) is 6.51. The molecule has 2 aliphatic heterocycles. The van der Waals surface area contributed by atoms with E-state index in [0.717, 1.165) is 5.56 Å². The summed E-state index contributed by atoms with van der Waals surface area (Å²) in [6, 6.07) is 12.1. The molecule has 1 aromatic heterocycles. The number of benzene rings is 2. The van der Waals surface area contributed by atoms with Crippen molar-refractivity contribution in [1.29, 1.82) is 0 Å². The van der Waals surface area contributed by atoms with Crippen LogP contribution in [0.5, 0.6) is 17.2 Å². The van der Waals surface area contributed by atoms with E-state index in [1.165, 1.54) is 25.6 Å². The lowest BCUT2D eigenvalue weighted by molar-refractivity contribution is -0.144. The quantitative estimate of drug-likeness (QED) is 0.588. The Morgan fingerprint density at radius 2 is 2.03 bits per heavy atom. The van der Waals surface area contributed by atoms with Crippen molar-refractivity contribution < 1.29 is 24.1 Å². The van der Waals surface area contributed by atoms with Crippen molar-refractivity contribution in [2.24, 2.45) is 10.9 Å². The monoisotopic (exact) mass is 464 g/mol. The van der Waals surface area contributed by atoms with Gasteiger partial charge in [-0.05, 0) is 25.1 Å². The lowest BCUT2D eigenvalue weighted by Gasteiger charge is -2.26. The highest BCUT2D eigenvalue weighted by Gasteiger charge is 2.88. The van der Waals surface area contributed by atoms with Gasteiger partial charge >= 0.3 is 5.97 Å². The van der Waals surface area contributed by atoms with Gasteiger partial charge in [0, 0.05) is 11.1 Å². The third-order valence-electron chi connectivity index (χ3n) is 6.99. The van der Waals surface area contributed by atoms with E-state index in [4.69, 9.17) is 19.2 Å². The van der Waals surface area contributed by atoms with Crippen LogP contribution in [0.3, 0.4) is 0 Å². The van der Waals surface area contributed by atoms with Gasteiger partial charge in [-0.2, -0.15) is 0 Å². The Balaban J connectivity index is 1.61. The molecule has 4 atom stereocenters. The van der Waals surface area contributed by atoms with Crippen molar-refractivity contribution >= 4 is 23.4 Å². The molecular formula is C24H20N2O6S. The van der Waals surface area contributed by atoms with Gasteiger partial charge in [0.05, 0.1) is 18.8 Å². The van der Waals surface area contributed by atoms with Crippen LogP contribution in [0, 0.1) is 5.92 Å². The third kappa shape index (κ3) is 2.32. The van der Waals surface area contributed by atoms with Crippen LogP contribution in [0.4, 0.5) is 0 Å². The van der Waals surface area contributed by atoms with Gasteiger partial charge in [0.1, 0.15) is 23.2 Å². The molecule has 3 heterocycles. The number of carbonyl (C=O) groups excluding carboxylic acids is 1. The summed E-state index contributed by atoms with van der Waals surface area (Å²) in [6.45, 7) is 1.87. The maximum atomic E-state index is 13.6. The molecule has 9 heteroatoms. The van der Waals surface area contributed by atoms with E-state index in [1.807, 2.05) is 31.2 Å². The number of rotatable bonds is 3. The van der Waals surface area contributed by atoms with Crippen LogP contribution in [0.1, 0.15) is 24.1 Å². The maximum absolute atomic E-state index is 13.6. The van der Waals surface area contributed by atoms with Crippen LogP contribution in [-0.2, 0) is 9.53 Å². The van der Waals surface area contributed by atoms with Gasteiger partial charge in [0.15, 0.2) is 21.9 Å². The second kappa shape index (κ2) is 6.48. The number of carbonyl (C=O) groups is 1. The molecule has 3 aliphatic rings. The lowest BCUT2D eigenvalue weighted by atomic mass is 9.97. The number of ether oxygens (including phenoxy) is 3. The predicted octanol–water partition coefficient (Wildman–Crippen LogP) is 1.37. The number of para-hydroxylation sites is 2. The number of esters is 1. The zero-order valence-corrected chi connectivity index (χ0v) is 18.9. The highest BCUT2D eigenvalue weighted by atomic mass is 32.1. The van der Waals surface area contributed by atoms with E-state index in [1.54, 1.807) is 28.8 Å². The van der Waals surface area contributed by atoms with Gasteiger partial charge in [0.25, 0.3) is 5.56 Å². The molecule has 1 N–H and O–H groups in total. The van der Waals surface area contributed by atoms with Gasteiger partial charge in [-0.15, -0.1) is 0 Å². The number of fused-ring (bicyclic) bond motifs is 4. The van der Waals surface area contributed by atoms with E-state index in [-0.39, 0.29) is 11.3 Å². The van der Waals surface area contributed by atoms with Crippen molar-refractivity contribution in [2.45, 2.75) is 24.1 Å². The zero-order valence-electron chi connectivity index (χ0n) is 18.1. The molecule has 33 heavy (non-hydrogen) atoms. The molecule has 168 valence electrons. The molecule has 1 fully saturated rings. The standard InChI is InChI=1S/C24H20N2O6S/c1-23-18(21(29)31-3)24(23)19(13-8-4-5-9-14(13)32-24)26-20(28)16(33-22(26)25-23)11-12-7-6-10-15(30-2)17(12)27/h4-11,18-19,27H,1-3H3/b16-11-/t18-,19+,23+,24-/m1/s1. The summed E-state index contributed by atoms with van der Waals surface area (Å²) in [7, 11) is 2.82. The van der Waals surface area contributed by atoms with Crippen LogP contribution >= 0.6 is 11.3 Å². The minimum absolute atomic E-state index is 0.0423. The van der Waals surface area contributed by atoms with E-state index in [2.05, 4.69) is 0 Å². The summed E-state index contributed by atoms with van der Waals surface area (Å²) in [5.74, 6) is -0.123. The van der Waals surface area contributed by atoms with Gasteiger partial charge < -0.3 is 19.3 Å². The molecule has 2 aromatic carbocycles. The first-order valence-electron chi connectivity index (χ1n) is 10.4. The number of phenolic OH excluding ortho intramolecular Hbond substituents is 1. The number of aromatic hydroxyl groups is 1. The van der Waals surface area contributed by atoms with Gasteiger partial charge in [0.2, 0.25) is 0 Å². The number of hydrogen-bond acceptors (Lipinski definition) is 8. The predicted molar refractivity (Wildman–Crippen MR) is 119 cm³/mol. The maximum Gasteiger partial charge on any atom is 0.315 e. The normalized spacial score (nSPS) is 28.5. The molecule has 0 saturated heterocycles. The summed E-state index contributed by atoms with van der Waals surface area (Å²) in [5.41, 5.74) is -0.842. The number of methoxy groups -OCH3 is 2. The number of phenols is 1. The Morgan fingerprint density at radius 3 is 2.79 bits per heavy atom. The number of nitrogens with zero attached hydrogens (tertiary/aromatic N) is 2. The first-order chi connectivity index (χ1) is 15.9. The number of aromatic nitrogens is 1. The van der Waals surface area contributed by atoms with Crippen LogP contribution in [0.25, 0.3) is 6.08 Å². The average Bonchev–Trinajstić information content (AvgIpc) is 3.02. The minimum Gasteiger partial charge on any atom is -0.504 e. The van der Waals surface area contributed by atoms with Crippen LogP contribution < -0.4 is 24.4 Å². The summed E-state index contributed by atoms with van der Waals surface area (Å²) >= 11 is 1.22. The van der Waals surface area contributed by atoms with Crippen molar-refractivity contribution in [3.8, 4) is 17.2 Å². The molecule has 0 amide bonds. The van der Waals surface area contributed by atoms with Crippen molar-refractivity contribution in [2.75, 3.05) is 14.2 Å². The van der Waals surface area contributed by atoms with E-state index in [0.29, 0.717) is 26.4 Å². The lowest BCUT2D eigenvalue weighted by Crippen LogP contribution is -2.47. The Labute approximate surface area is 192 Å². The van der Waals surface area contributed by atoms with E-state index >= 15 is 0 Å². The minimum atomic E-state index is -1.02. The zero-order chi connectivity index (χ0) is 23.1. The summed E-state index contributed by atoms with van der Waals surface area (Å²) in [5, 5.41) is 10.5. The molecule has 3 aromatic rings. The largest absolute Gasteiger partial charge is 0.504 e. The second-order valence-corrected chi connectivity index (χ2v) is 9.53. The van der Waals surface area contributed by atoms with Crippen molar-refractivity contribution in [3.63, 3.8) is 0 Å². The highest BCUT2D eigenvalue weighted by Crippen LogP contribution is 2.70. The number of thiazole rings is 1. The number of hydrogen-bond donors (Lipinski definition) is 1. The molecule has 0 unspecified atom stereocenters. The average molecular weight is 464 g/mol. The Kier molecular flexibility index (Phi) is 3.93. The van der Waals surface area contributed by atoms with E-state index < -0.39 is 29.1 Å². The van der Waals surface area contributed by atoms with Crippen LogP contribution in [-0.4, -0.2) is 41.0 Å². The topological polar surface area (TPSA) is 99.4 Å². The molecule has 0 bridgehead atoms. The first kappa shape index (κ1) is 20.0. The second-order valence-electron chi connectivity index (χ2n) is 8.52. The Hall–Kier alpha value is -3.59. The Morgan fingerprint density at radius 1 is 1.24 bits per heavy atom. The van der Waals surface area contributed by atoms with E-state index in [9.17, 15) is 14.7 Å². The smallest absolute Gasteiger partial charge is 0.315 e. The molecular weight excluding hydrogens is 444 g/mol. The first-order valence-corrected chi connectivity index (χ1v) is 11.2. The van der Waals surface area contributed by atoms with Crippen LogP contribution in [0.15, 0.2) is 52.3 Å². The van der Waals surface area contributed by atoms with Crippen molar-refractivity contribution in [1.82, 2.24) is 4.57 Å².